The molecule has 2 unspecified atom stereocenters. The van der Waals surface area contributed by atoms with Gasteiger partial charge in [-0.2, -0.15) is 0 Å². The Labute approximate surface area is 124 Å². The van der Waals surface area contributed by atoms with Gasteiger partial charge in [0.2, 0.25) is 10.0 Å². The Hall–Kier alpha value is -0.470. The molecule has 7 heteroatoms. The molecule has 0 saturated heterocycles. The molecule has 1 aliphatic carbocycles. The van der Waals surface area contributed by atoms with Crippen molar-refractivity contribution in [1.82, 2.24) is 10.0 Å². The number of methoxy groups -OCH3 is 1. The summed E-state index contributed by atoms with van der Waals surface area (Å²) in [6.07, 6.45) is 2.68. The molecule has 114 valence electrons. The van der Waals surface area contributed by atoms with Crippen LogP contribution < -0.4 is 10.0 Å². The van der Waals surface area contributed by atoms with Gasteiger partial charge in [-0.15, -0.1) is 11.3 Å². The maximum Gasteiger partial charge on any atom is 0.241 e. The van der Waals surface area contributed by atoms with E-state index in [1.54, 1.807) is 18.6 Å². The van der Waals surface area contributed by atoms with Crippen LogP contribution in [0, 0.1) is 0 Å². The highest BCUT2D eigenvalue weighted by Gasteiger charge is 2.29. The number of rotatable bonds is 7. The Kier molecular flexibility index (Phi) is 5.57. The van der Waals surface area contributed by atoms with Crippen LogP contribution in [0.1, 0.15) is 31.1 Å². The molecule has 0 amide bonds. The van der Waals surface area contributed by atoms with Gasteiger partial charge in [0.25, 0.3) is 0 Å². The zero-order valence-electron chi connectivity index (χ0n) is 11.9. The molecule has 1 aliphatic rings. The number of hydrogen-bond acceptors (Lipinski definition) is 5. The second-order valence-corrected chi connectivity index (χ2v) is 7.73. The molecular formula is C13H22N2O3S2. The van der Waals surface area contributed by atoms with Crippen molar-refractivity contribution in [1.29, 1.82) is 0 Å². The third-order valence-corrected chi connectivity index (χ3v) is 6.11. The highest BCUT2D eigenvalue weighted by Crippen LogP contribution is 2.25. The molecule has 0 bridgehead atoms. The van der Waals surface area contributed by atoms with Gasteiger partial charge in [-0.05, 0) is 31.9 Å². The molecule has 2 atom stereocenters. The first-order valence-electron chi connectivity index (χ1n) is 6.88. The van der Waals surface area contributed by atoms with E-state index >= 15 is 0 Å². The lowest BCUT2D eigenvalue weighted by atomic mass is 10.3. The summed E-state index contributed by atoms with van der Waals surface area (Å²) in [5, 5.41) is 4.90. The molecule has 1 aromatic rings. The van der Waals surface area contributed by atoms with E-state index in [4.69, 9.17) is 4.74 Å². The molecule has 1 heterocycles. The van der Waals surface area contributed by atoms with E-state index in [0.717, 1.165) is 30.7 Å². The van der Waals surface area contributed by atoms with Crippen LogP contribution >= 0.6 is 11.3 Å². The monoisotopic (exact) mass is 318 g/mol. The average Bonchev–Trinajstić information content (AvgIpc) is 3.04. The van der Waals surface area contributed by atoms with E-state index in [9.17, 15) is 8.42 Å². The van der Waals surface area contributed by atoms with Crippen molar-refractivity contribution in [2.45, 2.75) is 49.8 Å². The van der Waals surface area contributed by atoms with E-state index in [0.29, 0.717) is 11.4 Å². The Bertz CT molecular complexity index is 527. The Morgan fingerprint density at radius 2 is 2.25 bits per heavy atom. The van der Waals surface area contributed by atoms with Crippen LogP contribution in [-0.2, 0) is 21.3 Å². The van der Waals surface area contributed by atoms with Gasteiger partial charge in [0.05, 0.1) is 11.0 Å². The molecule has 0 radical (unpaired) electrons. The Morgan fingerprint density at radius 1 is 1.45 bits per heavy atom. The number of thiophene rings is 1. The van der Waals surface area contributed by atoms with Gasteiger partial charge in [-0.1, -0.05) is 6.92 Å². The van der Waals surface area contributed by atoms with Crippen LogP contribution in [-0.4, -0.2) is 34.2 Å². The van der Waals surface area contributed by atoms with Gasteiger partial charge in [0, 0.05) is 30.0 Å². The normalized spacial score (nSPS) is 23.3. The summed E-state index contributed by atoms with van der Waals surface area (Å²) >= 11 is 1.47. The fourth-order valence-electron chi connectivity index (χ4n) is 2.39. The van der Waals surface area contributed by atoms with Crippen molar-refractivity contribution in [2.24, 2.45) is 0 Å². The van der Waals surface area contributed by atoms with Crippen molar-refractivity contribution in [2.75, 3.05) is 13.7 Å². The average molecular weight is 318 g/mol. The van der Waals surface area contributed by atoms with Gasteiger partial charge in [0.15, 0.2) is 0 Å². The second-order valence-electron chi connectivity index (χ2n) is 5.02. The van der Waals surface area contributed by atoms with Crippen molar-refractivity contribution >= 4 is 21.4 Å². The minimum atomic E-state index is -3.40. The molecule has 2 N–H and O–H groups in total. The lowest BCUT2D eigenvalue weighted by Gasteiger charge is -2.12. The third kappa shape index (κ3) is 4.02. The summed E-state index contributed by atoms with van der Waals surface area (Å²) in [6.45, 7) is 3.61. The predicted molar refractivity (Wildman–Crippen MR) is 80.5 cm³/mol. The Morgan fingerprint density at radius 3 is 2.90 bits per heavy atom. The summed E-state index contributed by atoms with van der Waals surface area (Å²) < 4.78 is 32.7. The van der Waals surface area contributed by atoms with Gasteiger partial charge >= 0.3 is 0 Å². The molecule has 5 nitrogen and oxygen atoms in total. The van der Waals surface area contributed by atoms with Gasteiger partial charge in [-0.3, -0.25) is 0 Å². The standard InChI is InChI=1S/C13H22N2O3S2/c1-3-14-8-12-7-13(9-19-12)20(16,17)15-10-4-5-11(6-10)18-2/h7,9-11,14-15H,3-6,8H2,1-2H3. The quantitative estimate of drug-likeness (QED) is 0.803. The number of sulfonamides is 1. The van der Waals surface area contributed by atoms with Crippen LogP contribution in [0.5, 0.6) is 0 Å². The Balaban J connectivity index is 1.98. The first-order chi connectivity index (χ1) is 9.55. The lowest BCUT2D eigenvalue weighted by Crippen LogP contribution is -2.33. The SMILES string of the molecule is CCNCc1cc(S(=O)(=O)NC2CCC(OC)C2)cs1. The summed E-state index contributed by atoms with van der Waals surface area (Å²) in [5.74, 6) is 0. The van der Waals surface area contributed by atoms with Crippen molar-refractivity contribution in [3.8, 4) is 0 Å². The van der Waals surface area contributed by atoms with Crippen LogP contribution in [0.4, 0.5) is 0 Å². The fourth-order valence-corrected chi connectivity index (χ4v) is 4.92. The van der Waals surface area contributed by atoms with E-state index in [-0.39, 0.29) is 12.1 Å². The highest BCUT2D eigenvalue weighted by molar-refractivity contribution is 7.89. The van der Waals surface area contributed by atoms with Crippen molar-refractivity contribution < 1.29 is 13.2 Å². The first kappa shape index (κ1) is 15.9. The summed E-state index contributed by atoms with van der Waals surface area (Å²) in [7, 11) is -1.73. The summed E-state index contributed by atoms with van der Waals surface area (Å²) in [6, 6.07) is 1.74. The maximum absolute atomic E-state index is 12.3. The zero-order chi connectivity index (χ0) is 14.6. The van der Waals surface area contributed by atoms with Crippen LogP contribution in [0.3, 0.4) is 0 Å². The minimum Gasteiger partial charge on any atom is -0.381 e. The van der Waals surface area contributed by atoms with Crippen LogP contribution in [0.25, 0.3) is 0 Å². The van der Waals surface area contributed by atoms with E-state index in [2.05, 4.69) is 10.0 Å². The highest BCUT2D eigenvalue weighted by atomic mass is 32.2. The summed E-state index contributed by atoms with van der Waals surface area (Å²) in [4.78, 5) is 1.41. The topological polar surface area (TPSA) is 67.4 Å². The third-order valence-electron chi connectivity index (χ3n) is 3.53. The molecule has 0 aliphatic heterocycles. The van der Waals surface area contributed by atoms with E-state index < -0.39 is 10.0 Å². The zero-order valence-corrected chi connectivity index (χ0v) is 13.5. The number of ether oxygens (including phenoxy) is 1. The number of hydrogen-bond donors (Lipinski definition) is 2. The molecule has 0 aromatic carbocycles. The molecule has 1 fully saturated rings. The van der Waals surface area contributed by atoms with Crippen molar-refractivity contribution in [3.63, 3.8) is 0 Å². The molecular weight excluding hydrogens is 296 g/mol. The molecule has 20 heavy (non-hydrogen) atoms. The van der Waals surface area contributed by atoms with Crippen LogP contribution in [0.15, 0.2) is 16.3 Å². The molecule has 1 saturated carbocycles. The van der Waals surface area contributed by atoms with Gasteiger partial charge in [-0.25, -0.2) is 13.1 Å². The van der Waals surface area contributed by atoms with Crippen molar-refractivity contribution in [3.05, 3.63) is 16.3 Å². The maximum atomic E-state index is 12.3. The largest absolute Gasteiger partial charge is 0.381 e. The molecule has 1 aromatic heterocycles. The smallest absolute Gasteiger partial charge is 0.241 e. The first-order valence-corrected chi connectivity index (χ1v) is 9.24. The fraction of sp³-hybridized carbons (Fsp3) is 0.692. The molecule has 2 rings (SSSR count). The predicted octanol–water partition coefficient (Wildman–Crippen LogP) is 1.70. The lowest BCUT2D eigenvalue weighted by molar-refractivity contribution is 0.107. The van der Waals surface area contributed by atoms with E-state index in [1.165, 1.54) is 11.3 Å². The van der Waals surface area contributed by atoms with Gasteiger partial charge in [0.1, 0.15) is 0 Å². The number of nitrogens with one attached hydrogen (secondary N) is 2. The van der Waals surface area contributed by atoms with Crippen LogP contribution in [0.2, 0.25) is 0 Å². The summed E-state index contributed by atoms with van der Waals surface area (Å²) in [5.41, 5.74) is 0. The minimum absolute atomic E-state index is 0.0120. The van der Waals surface area contributed by atoms with Gasteiger partial charge < -0.3 is 10.1 Å². The molecule has 0 spiro atoms. The van der Waals surface area contributed by atoms with E-state index in [1.807, 2.05) is 6.92 Å². The second kappa shape index (κ2) is 7.00.